The highest BCUT2D eigenvalue weighted by Crippen LogP contribution is 2.16. The maximum absolute atomic E-state index is 12.9. The van der Waals surface area contributed by atoms with Gasteiger partial charge in [0.25, 0.3) is 11.5 Å². The fraction of sp³-hybridized carbons (Fsp3) is 0.263. The zero-order valence-corrected chi connectivity index (χ0v) is 14.9. The summed E-state index contributed by atoms with van der Waals surface area (Å²) in [5.74, 6) is 0.254. The van der Waals surface area contributed by atoms with Crippen molar-refractivity contribution in [3.05, 3.63) is 81.4 Å². The third kappa shape index (κ3) is 3.56. The van der Waals surface area contributed by atoms with Crippen molar-refractivity contribution in [2.24, 2.45) is 0 Å². The number of aryl methyl sites for hydroxylation is 2. The van der Waals surface area contributed by atoms with Gasteiger partial charge in [-0.15, -0.1) is 10.2 Å². The van der Waals surface area contributed by atoms with Crippen LogP contribution in [0.3, 0.4) is 0 Å². The van der Waals surface area contributed by atoms with E-state index in [0.29, 0.717) is 17.3 Å². The maximum Gasteiger partial charge on any atom is 0.264 e. The van der Waals surface area contributed by atoms with Crippen LogP contribution in [0.1, 0.15) is 46.2 Å². The van der Waals surface area contributed by atoms with Gasteiger partial charge in [-0.25, -0.2) is 0 Å². The van der Waals surface area contributed by atoms with Gasteiger partial charge in [0.15, 0.2) is 0 Å². The van der Waals surface area contributed by atoms with Crippen molar-refractivity contribution in [3.8, 4) is 0 Å². The molecule has 134 valence electrons. The first-order valence-corrected chi connectivity index (χ1v) is 8.31. The molecule has 2 aromatic heterocycles. The number of amides is 1. The molecule has 1 atom stereocenters. The van der Waals surface area contributed by atoms with E-state index in [2.05, 4.69) is 15.5 Å². The summed E-state index contributed by atoms with van der Waals surface area (Å²) in [5.41, 5.74) is 1.39. The number of nitrogens with one attached hydrogen (secondary N) is 1. The van der Waals surface area contributed by atoms with Crippen molar-refractivity contribution >= 4 is 5.91 Å². The van der Waals surface area contributed by atoms with E-state index in [1.807, 2.05) is 37.3 Å². The van der Waals surface area contributed by atoms with Crippen LogP contribution in [0.4, 0.5) is 0 Å². The predicted molar refractivity (Wildman–Crippen MR) is 95.9 cm³/mol. The van der Waals surface area contributed by atoms with Gasteiger partial charge in [-0.3, -0.25) is 9.59 Å². The molecule has 3 rings (SSSR count). The number of hydrogen-bond acceptors (Lipinski definition) is 5. The fourth-order valence-corrected chi connectivity index (χ4v) is 2.77. The van der Waals surface area contributed by atoms with Crippen molar-refractivity contribution in [2.75, 3.05) is 0 Å². The van der Waals surface area contributed by atoms with Gasteiger partial charge in [-0.1, -0.05) is 30.3 Å². The molecule has 2 heterocycles. The summed E-state index contributed by atoms with van der Waals surface area (Å²) in [6.45, 7) is 5.41. The first-order valence-electron chi connectivity index (χ1n) is 8.31. The largest absolute Gasteiger partial charge is 0.424 e. The Morgan fingerprint density at radius 3 is 2.58 bits per heavy atom. The lowest BCUT2D eigenvalue weighted by atomic mass is 10.1. The molecule has 0 radical (unpaired) electrons. The monoisotopic (exact) mass is 352 g/mol. The summed E-state index contributed by atoms with van der Waals surface area (Å²) >= 11 is 0. The molecule has 7 nitrogen and oxygen atoms in total. The minimum Gasteiger partial charge on any atom is -0.424 e. The van der Waals surface area contributed by atoms with Crippen molar-refractivity contribution in [2.45, 2.75) is 33.4 Å². The Hall–Kier alpha value is -3.22. The zero-order chi connectivity index (χ0) is 18.7. The molecule has 0 saturated carbocycles. The Morgan fingerprint density at radius 2 is 1.92 bits per heavy atom. The van der Waals surface area contributed by atoms with E-state index in [9.17, 15) is 9.59 Å². The molecule has 0 aliphatic heterocycles. The normalized spacial score (nSPS) is 12.0. The van der Waals surface area contributed by atoms with E-state index >= 15 is 0 Å². The number of rotatable bonds is 5. The minimum atomic E-state index is -0.460. The van der Waals surface area contributed by atoms with E-state index in [0.717, 1.165) is 5.56 Å². The SMILES string of the molecule is Cc1nnc(CNC(=O)c2c(C)ccn(C(C)c3ccccc3)c2=O)o1. The molecule has 1 amide bonds. The number of pyridine rings is 1. The van der Waals surface area contributed by atoms with Gasteiger partial charge in [0.1, 0.15) is 5.56 Å². The number of hydrogen-bond donors (Lipinski definition) is 1. The molecule has 0 saturated heterocycles. The lowest BCUT2D eigenvalue weighted by Gasteiger charge is -2.17. The highest BCUT2D eigenvalue weighted by Gasteiger charge is 2.19. The van der Waals surface area contributed by atoms with Crippen LogP contribution in [0, 0.1) is 13.8 Å². The number of aromatic nitrogens is 3. The first kappa shape index (κ1) is 17.6. The minimum absolute atomic E-state index is 0.0711. The average molecular weight is 352 g/mol. The van der Waals surface area contributed by atoms with E-state index in [1.54, 1.807) is 30.7 Å². The Kier molecular flexibility index (Phi) is 4.97. The standard InChI is InChI=1S/C19H20N4O3/c1-12-9-10-23(13(2)15-7-5-4-6-8-15)19(25)17(12)18(24)20-11-16-22-21-14(3)26-16/h4-10,13H,11H2,1-3H3,(H,20,24). The Labute approximate surface area is 150 Å². The molecule has 3 aromatic rings. The van der Waals surface area contributed by atoms with Crippen LogP contribution in [-0.4, -0.2) is 20.7 Å². The summed E-state index contributed by atoms with van der Waals surface area (Å²) in [7, 11) is 0. The Morgan fingerprint density at radius 1 is 1.19 bits per heavy atom. The highest BCUT2D eigenvalue weighted by molar-refractivity contribution is 5.95. The second kappa shape index (κ2) is 7.35. The lowest BCUT2D eigenvalue weighted by Crippen LogP contribution is -2.35. The topological polar surface area (TPSA) is 90.0 Å². The summed E-state index contributed by atoms with van der Waals surface area (Å²) in [6.07, 6.45) is 1.72. The molecule has 0 fully saturated rings. The van der Waals surface area contributed by atoms with E-state index in [-0.39, 0.29) is 23.7 Å². The lowest BCUT2D eigenvalue weighted by molar-refractivity contribution is 0.0944. The van der Waals surface area contributed by atoms with Gasteiger partial charge >= 0.3 is 0 Å². The predicted octanol–water partition coefficient (Wildman–Crippen LogP) is 2.39. The van der Waals surface area contributed by atoms with E-state index in [4.69, 9.17) is 4.42 Å². The van der Waals surface area contributed by atoms with Crippen LogP contribution in [0.25, 0.3) is 0 Å². The first-order chi connectivity index (χ1) is 12.5. The van der Waals surface area contributed by atoms with Gasteiger partial charge in [0.2, 0.25) is 11.8 Å². The number of benzene rings is 1. The fourth-order valence-electron chi connectivity index (χ4n) is 2.77. The van der Waals surface area contributed by atoms with E-state index in [1.165, 1.54) is 0 Å². The molecule has 26 heavy (non-hydrogen) atoms. The van der Waals surface area contributed by atoms with Crippen LogP contribution in [0.2, 0.25) is 0 Å². The number of nitrogens with zero attached hydrogens (tertiary/aromatic N) is 3. The van der Waals surface area contributed by atoms with Gasteiger partial charge < -0.3 is 14.3 Å². The smallest absolute Gasteiger partial charge is 0.264 e. The van der Waals surface area contributed by atoms with Crippen LogP contribution < -0.4 is 10.9 Å². The number of carbonyl (C=O) groups excluding carboxylic acids is 1. The molecule has 0 spiro atoms. The van der Waals surface area contributed by atoms with Crippen LogP contribution in [-0.2, 0) is 6.54 Å². The molecule has 0 aliphatic rings. The molecule has 0 bridgehead atoms. The van der Waals surface area contributed by atoms with Gasteiger partial charge in [-0.2, -0.15) is 0 Å². The Balaban J connectivity index is 1.87. The molecule has 7 heteroatoms. The molecule has 1 unspecified atom stereocenters. The third-order valence-corrected chi connectivity index (χ3v) is 4.22. The van der Waals surface area contributed by atoms with Gasteiger partial charge in [0.05, 0.1) is 12.6 Å². The second-order valence-electron chi connectivity index (χ2n) is 6.07. The average Bonchev–Trinajstić information content (AvgIpc) is 3.06. The van der Waals surface area contributed by atoms with Crippen molar-refractivity contribution in [3.63, 3.8) is 0 Å². The summed E-state index contributed by atoms with van der Waals surface area (Å²) in [6, 6.07) is 11.3. The molecule has 1 N–H and O–H groups in total. The summed E-state index contributed by atoms with van der Waals surface area (Å²) in [5, 5.41) is 10.2. The van der Waals surface area contributed by atoms with Gasteiger partial charge in [-0.05, 0) is 31.0 Å². The third-order valence-electron chi connectivity index (χ3n) is 4.22. The summed E-state index contributed by atoms with van der Waals surface area (Å²) < 4.78 is 6.79. The van der Waals surface area contributed by atoms with Crippen molar-refractivity contribution < 1.29 is 9.21 Å². The quantitative estimate of drug-likeness (QED) is 0.761. The molecular weight excluding hydrogens is 332 g/mol. The van der Waals surface area contributed by atoms with Crippen molar-refractivity contribution in [1.82, 2.24) is 20.1 Å². The van der Waals surface area contributed by atoms with E-state index < -0.39 is 5.91 Å². The second-order valence-corrected chi connectivity index (χ2v) is 6.07. The Bertz CT molecular complexity index is 976. The van der Waals surface area contributed by atoms with Gasteiger partial charge in [0, 0.05) is 13.1 Å². The molecule has 1 aromatic carbocycles. The van der Waals surface area contributed by atoms with Crippen LogP contribution in [0.15, 0.2) is 51.8 Å². The zero-order valence-electron chi connectivity index (χ0n) is 14.9. The van der Waals surface area contributed by atoms with Crippen LogP contribution in [0.5, 0.6) is 0 Å². The molecular formula is C19H20N4O3. The summed E-state index contributed by atoms with van der Waals surface area (Å²) in [4.78, 5) is 25.5. The molecule has 0 aliphatic carbocycles. The number of carbonyl (C=O) groups is 1. The maximum atomic E-state index is 12.9. The van der Waals surface area contributed by atoms with Crippen molar-refractivity contribution in [1.29, 1.82) is 0 Å². The van der Waals surface area contributed by atoms with Crippen LogP contribution >= 0.6 is 0 Å². The highest BCUT2D eigenvalue weighted by atomic mass is 16.4.